The van der Waals surface area contributed by atoms with E-state index in [2.05, 4.69) is 4.52 Å². The van der Waals surface area contributed by atoms with Crippen LogP contribution in [0.2, 0.25) is 0 Å². The van der Waals surface area contributed by atoms with Gasteiger partial charge in [-0.25, -0.2) is 0 Å². The van der Waals surface area contributed by atoms with Crippen LogP contribution in [0.1, 0.15) is 5.56 Å². The molecule has 0 heterocycles. The molecule has 4 heteroatoms. The zero-order valence-electron chi connectivity index (χ0n) is 6.96. The molecule has 0 saturated carbocycles. The first kappa shape index (κ1) is 10.1. The van der Waals surface area contributed by atoms with Gasteiger partial charge in [-0.05, 0) is 5.56 Å². The lowest BCUT2D eigenvalue weighted by atomic mass is 10.2. The number of benzene rings is 1. The van der Waals surface area contributed by atoms with Crippen molar-refractivity contribution in [3.05, 3.63) is 42.0 Å². The first-order chi connectivity index (χ1) is 6.29. The Morgan fingerprint density at radius 1 is 1.38 bits per heavy atom. The average molecular weight is 197 g/mol. The number of rotatable bonds is 4. The summed E-state index contributed by atoms with van der Waals surface area (Å²) < 4.78 is 14.5. The molecule has 1 aromatic carbocycles. The van der Waals surface area contributed by atoms with Crippen LogP contribution in [0, 0.1) is 0 Å². The summed E-state index contributed by atoms with van der Waals surface area (Å²) in [6, 6.07) is 9.66. The lowest BCUT2D eigenvalue weighted by molar-refractivity contribution is 0.313. The van der Waals surface area contributed by atoms with Gasteiger partial charge in [0.05, 0.1) is 0 Å². The summed E-state index contributed by atoms with van der Waals surface area (Å²) in [6.45, 7) is 0.153. The van der Waals surface area contributed by atoms with Gasteiger partial charge in [0.25, 0.3) is 0 Å². The molecule has 0 aliphatic rings. The second kappa shape index (κ2) is 5.60. The Hall–Kier alpha value is -1.02. The summed E-state index contributed by atoms with van der Waals surface area (Å²) in [5.74, 6) is 0. The van der Waals surface area contributed by atoms with Gasteiger partial charge in [-0.1, -0.05) is 42.5 Å². The van der Waals surface area contributed by atoms with Gasteiger partial charge in [0.2, 0.25) is 0 Å². The smallest absolute Gasteiger partial charge is 0.133 e. The van der Waals surface area contributed by atoms with E-state index in [9.17, 15) is 4.57 Å². The van der Waals surface area contributed by atoms with Crippen molar-refractivity contribution in [1.82, 2.24) is 0 Å². The molecule has 1 N–H and O–H groups in total. The van der Waals surface area contributed by atoms with Crippen LogP contribution in [0.5, 0.6) is 0 Å². The van der Waals surface area contributed by atoms with Crippen molar-refractivity contribution >= 4 is 14.3 Å². The molecule has 0 radical (unpaired) electrons. The van der Waals surface area contributed by atoms with Crippen molar-refractivity contribution in [2.75, 3.05) is 6.61 Å². The monoisotopic (exact) mass is 197 g/mol. The zero-order valence-corrected chi connectivity index (χ0v) is 7.85. The van der Waals surface area contributed by atoms with E-state index in [1.165, 1.54) is 0 Å². The SMILES string of the molecule is O=[P+](O)OCC=Cc1ccccc1. The molecule has 0 amide bonds. The topological polar surface area (TPSA) is 46.5 Å². The number of hydrogen-bond donors (Lipinski definition) is 1. The fourth-order valence-electron chi connectivity index (χ4n) is 0.855. The second-order valence-corrected chi connectivity index (χ2v) is 3.08. The second-order valence-electron chi connectivity index (χ2n) is 2.35. The highest BCUT2D eigenvalue weighted by Crippen LogP contribution is 2.13. The molecule has 1 aromatic rings. The molecular weight excluding hydrogens is 187 g/mol. The minimum Gasteiger partial charge on any atom is -0.133 e. The van der Waals surface area contributed by atoms with E-state index in [0.717, 1.165) is 5.56 Å². The predicted molar refractivity (Wildman–Crippen MR) is 51.3 cm³/mol. The Morgan fingerprint density at radius 2 is 2.08 bits per heavy atom. The third-order valence-electron chi connectivity index (χ3n) is 1.39. The van der Waals surface area contributed by atoms with Crippen LogP contribution in [0.4, 0.5) is 0 Å². The minimum atomic E-state index is -2.48. The van der Waals surface area contributed by atoms with Gasteiger partial charge in [0, 0.05) is 4.57 Å². The highest BCUT2D eigenvalue weighted by molar-refractivity contribution is 7.32. The van der Waals surface area contributed by atoms with Gasteiger partial charge in [-0.2, -0.15) is 0 Å². The van der Waals surface area contributed by atoms with E-state index in [0.29, 0.717) is 0 Å². The van der Waals surface area contributed by atoms with Crippen LogP contribution in [0.25, 0.3) is 6.08 Å². The zero-order chi connectivity index (χ0) is 9.52. The van der Waals surface area contributed by atoms with E-state index in [1.54, 1.807) is 6.08 Å². The maximum absolute atomic E-state index is 10.1. The van der Waals surface area contributed by atoms with Crippen LogP contribution in [0.15, 0.2) is 36.4 Å². The normalized spacial score (nSPS) is 11.9. The summed E-state index contributed by atoms with van der Waals surface area (Å²) in [7, 11) is -2.48. The molecule has 1 atom stereocenters. The third-order valence-corrected chi connectivity index (χ3v) is 1.76. The molecule has 0 bridgehead atoms. The van der Waals surface area contributed by atoms with E-state index in [4.69, 9.17) is 4.89 Å². The maximum Gasteiger partial charge on any atom is 0.695 e. The van der Waals surface area contributed by atoms with Crippen molar-refractivity contribution in [2.24, 2.45) is 0 Å². The van der Waals surface area contributed by atoms with Gasteiger partial charge >= 0.3 is 8.25 Å². The molecule has 1 unspecified atom stereocenters. The molecule has 0 aromatic heterocycles. The van der Waals surface area contributed by atoms with Crippen molar-refractivity contribution in [2.45, 2.75) is 0 Å². The Kier molecular flexibility index (Phi) is 4.33. The average Bonchev–Trinajstić information content (AvgIpc) is 2.14. The summed E-state index contributed by atoms with van der Waals surface area (Å²) in [5.41, 5.74) is 1.04. The molecule has 3 nitrogen and oxygen atoms in total. The molecule has 0 aliphatic carbocycles. The van der Waals surface area contributed by atoms with Crippen LogP contribution in [-0.2, 0) is 9.09 Å². The maximum atomic E-state index is 10.1. The quantitative estimate of drug-likeness (QED) is 0.753. The lowest BCUT2D eigenvalue weighted by Gasteiger charge is -1.88. The number of hydrogen-bond acceptors (Lipinski definition) is 2. The Balaban J connectivity index is 2.37. The molecule has 0 spiro atoms. The molecular formula is C9H10O3P+. The van der Waals surface area contributed by atoms with Crippen molar-refractivity contribution in [1.29, 1.82) is 0 Å². The van der Waals surface area contributed by atoms with Gasteiger partial charge in [-0.15, -0.1) is 9.42 Å². The van der Waals surface area contributed by atoms with Gasteiger partial charge < -0.3 is 0 Å². The minimum absolute atomic E-state index is 0.153. The van der Waals surface area contributed by atoms with Gasteiger partial charge in [0.15, 0.2) is 0 Å². The first-order valence-electron chi connectivity index (χ1n) is 3.79. The standard InChI is InChI=1S/C9H9O3P/c10-13(11)12-8-4-7-9-5-2-1-3-6-9/h1-7H,8H2/p+1. The van der Waals surface area contributed by atoms with E-state index in [-0.39, 0.29) is 6.61 Å². The largest absolute Gasteiger partial charge is 0.695 e. The van der Waals surface area contributed by atoms with Crippen molar-refractivity contribution in [3.63, 3.8) is 0 Å². The fourth-order valence-corrected chi connectivity index (χ4v) is 1.07. The van der Waals surface area contributed by atoms with Gasteiger partial charge in [-0.3, -0.25) is 0 Å². The molecule has 68 valence electrons. The summed E-state index contributed by atoms with van der Waals surface area (Å²) >= 11 is 0. The molecule has 0 fully saturated rings. The lowest BCUT2D eigenvalue weighted by Crippen LogP contribution is -1.78. The third kappa shape index (κ3) is 4.53. The van der Waals surface area contributed by atoms with E-state index < -0.39 is 8.25 Å². The molecule has 0 saturated heterocycles. The Morgan fingerprint density at radius 3 is 2.69 bits per heavy atom. The van der Waals surface area contributed by atoms with E-state index in [1.807, 2.05) is 36.4 Å². The van der Waals surface area contributed by atoms with Crippen LogP contribution in [0.3, 0.4) is 0 Å². The molecule has 13 heavy (non-hydrogen) atoms. The summed E-state index contributed by atoms with van der Waals surface area (Å²) in [4.78, 5) is 8.30. The van der Waals surface area contributed by atoms with E-state index >= 15 is 0 Å². The Labute approximate surface area is 77.6 Å². The molecule has 0 aliphatic heterocycles. The van der Waals surface area contributed by atoms with Crippen LogP contribution >= 0.6 is 8.25 Å². The highest BCUT2D eigenvalue weighted by Gasteiger charge is 2.08. The van der Waals surface area contributed by atoms with Crippen molar-refractivity contribution < 1.29 is 14.0 Å². The highest BCUT2D eigenvalue weighted by atomic mass is 31.1. The molecule has 1 rings (SSSR count). The summed E-state index contributed by atoms with van der Waals surface area (Å²) in [6.07, 6.45) is 3.53. The van der Waals surface area contributed by atoms with Crippen LogP contribution < -0.4 is 0 Å². The fraction of sp³-hybridized carbons (Fsp3) is 0.111. The van der Waals surface area contributed by atoms with Crippen molar-refractivity contribution in [3.8, 4) is 0 Å². The van der Waals surface area contributed by atoms with Gasteiger partial charge in [0.1, 0.15) is 6.61 Å². The summed E-state index contributed by atoms with van der Waals surface area (Å²) in [5, 5.41) is 0. The first-order valence-corrected chi connectivity index (χ1v) is 4.93. The predicted octanol–water partition coefficient (Wildman–Crippen LogP) is 2.37. The Bertz CT molecular complexity index is 295. The van der Waals surface area contributed by atoms with Crippen LogP contribution in [-0.4, -0.2) is 11.5 Å².